The van der Waals surface area contributed by atoms with Gasteiger partial charge in [-0.3, -0.25) is 0 Å². The van der Waals surface area contributed by atoms with Gasteiger partial charge in [-0.05, 0) is 6.07 Å². The van der Waals surface area contributed by atoms with Gasteiger partial charge in [0.15, 0.2) is 0 Å². The number of fused-ring (bicyclic) bond motifs is 1. The molecule has 9 heteroatoms. The summed E-state index contributed by atoms with van der Waals surface area (Å²) >= 11 is 5.84. The highest BCUT2D eigenvalue weighted by Gasteiger charge is 2.48. The Morgan fingerprint density at radius 2 is 1.95 bits per heavy atom. The topological polar surface area (TPSA) is 56.3 Å². The summed E-state index contributed by atoms with van der Waals surface area (Å²) in [5, 5.41) is 1.13. The molecule has 1 heterocycles. The van der Waals surface area contributed by atoms with E-state index in [1.807, 2.05) is 0 Å². The lowest BCUT2D eigenvalue weighted by Crippen LogP contribution is -2.28. The third-order valence-electron chi connectivity index (χ3n) is 2.16. The molecule has 102 valence electrons. The van der Waals surface area contributed by atoms with Crippen molar-refractivity contribution < 1.29 is 25.8 Å². The molecule has 0 atom stereocenters. The van der Waals surface area contributed by atoms with Gasteiger partial charge in [0.25, 0.3) is 0 Å². The van der Waals surface area contributed by atoms with Crippen molar-refractivity contribution in [2.45, 2.75) is 5.51 Å². The zero-order valence-electron chi connectivity index (χ0n) is 8.98. The number of nitrogens with zero attached hydrogens (tertiary/aromatic N) is 1. The Balaban J connectivity index is 2.46. The Morgan fingerprint density at radius 1 is 1.26 bits per heavy atom. The van der Waals surface area contributed by atoms with Crippen LogP contribution in [0.2, 0.25) is 5.02 Å². The van der Waals surface area contributed by atoms with Crippen LogP contribution < -0.4 is 4.18 Å². The molecule has 0 radical (unpaired) electrons. The minimum Gasteiger partial charge on any atom is -0.355 e. The van der Waals surface area contributed by atoms with Crippen LogP contribution in [0, 0.1) is 0 Å². The summed E-state index contributed by atoms with van der Waals surface area (Å²) in [6.07, 6.45) is 1.17. The van der Waals surface area contributed by atoms with E-state index in [-0.39, 0.29) is 5.02 Å². The second-order valence-corrected chi connectivity index (χ2v) is 5.41. The minimum atomic E-state index is -5.74. The predicted molar refractivity (Wildman–Crippen MR) is 62.4 cm³/mol. The molecule has 0 aliphatic heterocycles. The summed E-state index contributed by atoms with van der Waals surface area (Å²) in [7, 11) is -5.74. The maximum absolute atomic E-state index is 12.1. The van der Waals surface area contributed by atoms with E-state index in [4.69, 9.17) is 11.6 Å². The number of alkyl halides is 3. The van der Waals surface area contributed by atoms with Gasteiger partial charge in [0.2, 0.25) is 5.88 Å². The SMILES string of the molecule is O=S(=O)(Oc1cc2c(Cl)cccc2cn1)C(F)(F)F. The molecule has 19 heavy (non-hydrogen) atoms. The fourth-order valence-electron chi connectivity index (χ4n) is 1.32. The molecule has 0 saturated heterocycles. The van der Waals surface area contributed by atoms with Crippen molar-refractivity contribution in [1.29, 1.82) is 0 Å². The molecule has 0 saturated carbocycles. The van der Waals surface area contributed by atoms with Crippen molar-refractivity contribution in [3.8, 4) is 5.88 Å². The van der Waals surface area contributed by atoms with E-state index in [2.05, 4.69) is 9.17 Å². The molecule has 1 aromatic carbocycles. The number of halogens is 4. The van der Waals surface area contributed by atoms with Crippen LogP contribution in [0.1, 0.15) is 0 Å². The lowest BCUT2D eigenvalue weighted by Gasteiger charge is -2.09. The van der Waals surface area contributed by atoms with Crippen LogP contribution in [0.5, 0.6) is 5.88 Å². The van der Waals surface area contributed by atoms with Gasteiger partial charge in [0.1, 0.15) is 0 Å². The van der Waals surface area contributed by atoms with E-state index in [0.717, 1.165) is 6.07 Å². The second-order valence-electron chi connectivity index (χ2n) is 3.47. The maximum atomic E-state index is 12.1. The fourth-order valence-corrected chi connectivity index (χ4v) is 1.96. The zero-order chi connectivity index (χ0) is 14.3. The van der Waals surface area contributed by atoms with Crippen LogP contribution >= 0.6 is 11.6 Å². The van der Waals surface area contributed by atoms with Crippen LogP contribution in [-0.4, -0.2) is 18.9 Å². The Hall–Kier alpha value is -1.54. The maximum Gasteiger partial charge on any atom is 0.534 e. The average molecular weight is 312 g/mol. The molecule has 0 bridgehead atoms. The van der Waals surface area contributed by atoms with E-state index < -0.39 is 21.5 Å². The number of benzene rings is 1. The third kappa shape index (κ3) is 2.74. The first kappa shape index (κ1) is 13.9. The second kappa shape index (κ2) is 4.53. The summed E-state index contributed by atoms with van der Waals surface area (Å²) in [6.45, 7) is 0. The monoisotopic (exact) mass is 311 g/mol. The van der Waals surface area contributed by atoms with Crippen LogP contribution in [0.25, 0.3) is 10.8 Å². The first-order chi connectivity index (χ1) is 8.71. The fraction of sp³-hybridized carbons (Fsp3) is 0.100. The number of rotatable bonds is 2. The van der Waals surface area contributed by atoms with Gasteiger partial charge in [-0.2, -0.15) is 21.6 Å². The molecule has 1 aromatic heterocycles. The molecule has 0 aliphatic carbocycles. The van der Waals surface area contributed by atoms with Crippen LogP contribution in [0.4, 0.5) is 13.2 Å². The molecule has 2 aromatic rings. The number of pyridine rings is 1. The van der Waals surface area contributed by atoms with E-state index >= 15 is 0 Å². The highest BCUT2D eigenvalue weighted by Crippen LogP contribution is 2.29. The molecule has 0 N–H and O–H groups in total. The van der Waals surface area contributed by atoms with Crippen molar-refractivity contribution in [3.63, 3.8) is 0 Å². The molecule has 0 fully saturated rings. The van der Waals surface area contributed by atoms with Gasteiger partial charge >= 0.3 is 15.6 Å². The van der Waals surface area contributed by atoms with E-state index in [1.54, 1.807) is 12.1 Å². The Morgan fingerprint density at radius 3 is 2.58 bits per heavy atom. The largest absolute Gasteiger partial charge is 0.534 e. The summed E-state index contributed by atoms with van der Waals surface area (Å²) in [4.78, 5) is 3.49. The predicted octanol–water partition coefficient (Wildman–Crippen LogP) is 3.12. The molecule has 0 spiro atoms. The van der Waals surface area contributed by atoms with Crippen molar-refractivity contribution in [2.75, 3.05) is 0 Å². The van der Waals surface area contributed by atoms with Gasteiger partial charge in [-0.25, -0.2) is 4.98 Å². The summed E-state index contributed by atoms with van der Waals surface area (Å²) in [5.74, 6) is -0.696. The van der Waals surface area contributed by atoms with Crippen LogP contribution in [-0.2, 0) is 10.1 Å². The van der Waals surface area contributed by atoms with Crippen LogP contribution in [0.15, 0.2) is 30.5 Å². The number of aromatic nitrogens is 1. The summed E-state index contributed by atoms with van der Waals surface area (Å²) in [5.41, 5.74) is -5.51. The summed E-state index contributed by atoms with van der Waals surface area (Å²) in [6, 6.07) is 5.78. The lowest BCUT2D eigenvalue weighted by molar-refractivity contribution is -0.0501. The number of hydrogen-bond donors (Lipinski definition) is 0. The van der Waals surface area contributed by atoms with E-state index in [9.17, 15) is 21.6 Å². The standard InChI is InChI=1S/C10H5ClF3NO3S/c11-8-3-1-2-6-5-15-9(4-7(6)8)18-19(16,17)10(12,13)14/h1-5H. The minimum absolute atomic E-state index is 0.245. The molecule has 0 amide bonds. The van der Waals surface area contributed by atoms with Gasteiger partial charge < -0.3 is 4.18 Å². The van der Waals surface area contributed by atoms with Gasteiger partial charge in [0.05, 0.1) is 0 Å². The van der Waals surface area contributed by atoms with Gasteiger partial charge in [-0.1, -0.05) is 23.7 Å². The first-order valence-corrected chi connectivity index (χ1v) is 6.54. The normalized spacial score (nSPS) is 12.6. The van der Waals surface area contributed by atoms with Crippen molar-refractivity contribution in [1.82, 2.24) is 4.98 Å². The van der Waals surface area contributed by atoms with Crippen molar-refractivity contribution in [3.05, 3.63) is 35.5 Å². The first-order valence-electron chi connectivity index (χ1n) is 4.76. The highest BCUT2D eigenvalue weighted by molar-refractivity contribution is 7.87. The smallest absolute Gasteiger partial charge is 0.355 e. The third-order valence-corrected chi connectivity index (χ3v) is 3.45. The van der Waals surface area contributed by atoms with Crippen molar-refractivity contribution in [2.24, 2.45) is 0 Å². The van der Waals surface area contributed by atoms with Crippen molar-refractivity contribution >= 4 is 32.5 Å². The highest BCUT2D eigenvalue weighted by atomic mass is 35.5. The van der Waals surface area contributed by atoms with E-state index in [0.29, 0.717) is 10.8 Å². The number of hydrogen-bond acceptors (Lipinski definition) is 4. The van der Waals surface area contributed by atoms with Gasteiger partial charge in [-0.15, -0.1) is 0 Å². The molecule has 0 unspecified atom stereocenters. The van der Waals surface area contributed by atoms with Gasteiger partial charge in [0, 0.05) is 28.1 Å². The zero-order valence-corrected chi connectivity index (χ0v) is 10.6. The summed E-state index contributed by atoms with van der Waals surface area (Å²) < 4.78 is 62.0. The molecule has 2 rings (SSSR count). The molecule has 0 aliphatic rings. The Kier molecular flexibility index (Phi) is 3.31. The Bertz CT molecular complexity index is 730. The molecule has 4 nitrogen and oxygen atoms in total. The molecular weight excluding hydrogens is 307 g/mol. The molecular formula is C10H5ClF3NO3S. The average Bonchev–Trinajstić information content (AvgIpc) is 2.28. The lowest BCUT2D eigenvalue weighted by atomic mass is 10.2. The quantitative estimate of drug-likeness (QED) is 0.631. The van der Waals surface area contributed by atoms with Crippen LogP contribution in [0.3, 0.4) is 0 Å². The van der Waals surface area contributed by atoms with E-state index in [1.165, 1.54) is 12.3 Å². The Labute approximate surface area is 110 Å².